The van der Waals surface area contributed by atoms with Crippen LogP contribution in [0.3, 0.4) is 0 Å². The Balaban J connectivity index is 1.63. The van der Waals surface area contributed by atoms with E-state index in [0.717, 1.165) is 17.0 Å². The van der Waals surface area contributed by atoms with Gasteiger partial charge in [-0.05, 0) is 23.8 Å². The molecule has 0 atom stereocenters. The van der Waals surface area contributed by atoms with Gasteiger partial charge in [-0.2, -0.15) is 5.10 Å². The molecule has 3 rings (SSSR count). The van der Waals surface area contributed by atoms with Crippen LogP contribution in [0.4, 0.5) is 0 Å². The molecular weight excluding hydrogens is 330 g/mol. The number of aryl methyl sites for hydroxylation is 1. The molecule has 0 saturated heterocycles. The molecule has 0 spiro atoms. The lowest BCUT2D eigenvalue weighted by molar-refractivity contribution is -0.137. The summed E-state index contributed by atoms with van der Waals surface area (Å²) < 4.78 is 1.86. The van der Waals surface area contributed by atoms with Crippen LogP contribution < -0.4 is 0 Å². The number of fused-ring (bicyclic) bond motifs is 1. The smallest absolute Gasteiger partial charge is 0.303 e. The molecular formula is C17H18ClN3O3. The van der Waals surface area contributed by atoms with Crippen LogP contribution in [0, 0.1) is 0 Å². The van der Waals surface area contributed by atoms with Crippen LogP contribution in [0.15, 0.2) is 30.3 Å². The number of halogens is 1. The first kappa shape index (κ1) is 16.5. The summed E-state index contributed by atoms with van der Waals surface area (Å²) in [5.74, 6) is -0.781. The van der Waals surface area contributed by atoms with Gasteiger partial charge in [0.1, 0.15) is 0 Å². The quantitative estimate of drug-likeness (QED) is 0.899. The second-order valence-electron chi connectivity index (χ2n) is 5.87. The molecule has 0 fully saturated rings. The minimum atomic E-state index is -0.834. The van der Waals surface area contributed by atoms with Gasteiger partial charge in [-0.1, -0.05) is 23.7 Å². The third kappa shape index (κ3) is 3.94. The van der Waals surface area contributed by atoms with E-state index >= 15 is 0 Å². The number of benzene rings is 1. The standard InChI is InChI=1S/C17H18ClN3O3/c18-13-3-1-2-12(8-13)9-16(22)20-6-7-21-15(11-20)10-14(19-21)4-5-17(23)24/h1-3,8,10H,4-7,9,11H2,(H,23,24). The minimum Gasteiger partial charge on any atom is -0.481 e. The van der Waals surface area contributed by atoms with Gasteiger partial charge >= 0.3 is 5.97 Å². The zero-order chi connectivity index (χ0) is 17.1. The fraction of sp³-hybridized carbons (Fsp3) is 0.353. The Morgan fingerprint density at radius 2 is 2.08 bits per heavy atom. The van der Waals surface area contributed by atoms with Crippen molar-refractivity contribution in [2.75, 3.05) is 6.54 Å². The van der Waals surface area contributed by atoms with Crippen molar-refractivity contribution in [1.29, 1.82) is 0 Å². The highest BCUT2D eigenvalue weighted by Gasteiger charge is 2.22. The lowest BCUT2D eigenvalue weighted by Crippen LogP contribution is -2.39. The summed E-state index contributed by atoms with van der Waals surface area (Å²) in [6.45, 7) is 1.73. The van der Waals surface area contributed by atoms with Crippen LogP contribution >= 0.6 is 11.6 Å². The summed E-state index contributed by atoms with van der Waals surface area (Å²) in [4.78, 5) is 24.9. The number of rotatable bonds is 5. The highest BCUT2D eigenvalue weighted by Crippen LogP contribution is 2.17. The van der Waals surface area contributed by atoms with Gasteiger partial charge < -0.3 is 10.0 Å². The van der Waals surface area contributed by atoms with Gasteiger partial charge in [-0.15, -0.1) is 0 Å². The molecule has 0 saturated carbocycles. The number of aromatic nitrogens is 2. The average Bonchev–Trinajstić information content (AvgIpc) is 2.95. The van der Waals surface area contributed by atoms with E-state index in [9.17, 15) is 9.59 Å². The summed E-state index contributed by atoms with van der Waals surface area (Å²) in [6.07, 6.45) is 0.792. The summed E-state index contributed by atoms with van der Waals surface area (Å²) in [5, 5.41) is 13.8. The highest BCUT2D eigenvalue weighted by molar-refractivity contribution is 6.30. The largest absolute Gasteiger partial charge is 0.481 e. The molecule has 1 aliphatic heterocycles. The molecule has 1 N–H and O–H groups in total. The number of carboxylic acid groups (broad SMARTS) is 1. The molecule has 6 nitrogen and oxygen atoms in total. The maximum Gasteiger partial charge on any atom is 0.303 e. The van der Waals surface area contributed by atoms with Gasteiger partial charge in [0.2, 0.25) is 5.91 Å². The first-order chi connectivity index (χ1) is 11.5. The molecule has 0 aliphatic carbocycles. The third-order valence-electron chi connectivity index (χ3n) is 4.04. The lowest BCUT2D eigenvalue weighted by Gasteiger charge is -2.27. The molecule has 7 heteroatoms. The Kier molecular flexibility index (Phi) is 4.85. The Morgan fingerprint density at radius 3 is 2.83 bits per heavy atom. The van der Waals surface area contributed by atoms with Crippen LogP contribution in [0.1, 0.15) is 23.4 Å². The van der Waals surface area contributed by atoms with E-state index in [-0.39, 0.29) is 12.3 Å². The molecule has 0 radical (unpaired) electrons. The van der Waals surface area contributed by atoms with Gasteiger partial charge in [0.15, 0.2) is 0 Å². The first-order valence-electron chi connectivity index (χ1n) is 7.81. The van der Waals surface area contributed by atoms with Gasteiger partial charge in [-0.25, -0.2) is 0 Å². The normalized spacial score (nSPS) is 13.6. The van der Waals surface area contributed by atoms with Gasteiger partial charge in [-0.3, -0.25) is 14.3 Å². The van der Waals surface area contributed by atoms with Gasteiger partial charge in [0, 0.05) is 18.0 Å². The zero-order valence-corrected chi connectivity index (χ0v) is 13.9. The molecule has 1 aromatic carbocycles. The van der Waals surface area contributed by atoms with Crippen molar-refractivity contribution in [1.82, 2.24) is 14.7 Å². The first-order valence-corrected chi connectivity index (χ1v) is 8.18. The third-order valence-corrected chi connectivity index (χ3v) is 4.28. The maximum absolute atomic E-state index is 12.5. The number of hydrogen-bond donors (Lipinski definition) is 1. The number of carbonyl (C=O) groups is 2. The Bertz CT molecular complexity index is 772. The van der Waals surface area contributed by atoms with Crippen molar-refractivity contribution < 1.29 is 14.7 Å². The van der Waals surface area contributed by atoms with Crippen LogP contribution in [0.25, 0.3) is 0 Å². The predicted molar refractivity (Wildman–Crippen MR) is 88.8 cm³/mol. The molecule has 1 aromatic heterocycles. The lowest BCUT2D eigenvalue weighted by atomic mass is 10.1. The number of amides is 1. The molecule has 2 heterocycles. The van der Waals surface area contributed by atoms with E-state index in [4.69, 9.17) is 16.7 Å². The topological polar surface area (TPSA) is 75.4 Å². The fourth-order valence-corrected chi connectivity index (χ4v) is 3.04. The van der Waals surface area contributed by atoms with Crippen molar-refractivity contribution in [3.8, 4) is 0 Å². The second kappa shape index (κ2) is 7.05. The Hall–Kier alpha value is -2.34. The summed E-state index contributed by atoms with van der Waals surface area (Å²) in [6, 6.07) is 9.21. The summed E-state index contributed by atoms with van der Waals surface area (Å²) in [7, 11) is 0. The van der Waals surface area contributed by atoms with Crippen molar-refractivity contribution in [2.45, 2.75) is 32.4 Å². The molecule has 0 unspecified atom stereocenters. The Labute approximate surface area is 144 Å². The number of hydrogen-bond acceptors (Lipinski definition) is 3. The van der Waals surface area contributed by atoms with E-state index in [1.165, 1.54) is 0 Å². The number of carboxylic acids is 1. The van der Waals surface area contributed by atoms with Crippen molar-refractivity contribution in [3.63, 3.8) is 0 Å². The number of nitrogens with zero attached hydrogens (tertiary/aromatic N) is 3. The maximum atomic E-state index is 12.5. The van der Waals surface area contributed by atoms with E-state index in [2.05, 4.69) is 5.10 Å². The Morgan fingerprint density at radius 1 is 1.25 bits per heavy atom. The molecule has 24 heavy (non-hydrogen) atoms. The summed E-state index contributed by atoms with van der Waals surface area (Å²) in [5.41, 5.74) is 2.60. The highest BCUT2D eigenvalue weighted by atomic mass is 35.5. The molecule has 126 valence electrons. The molecule has 1 aliphatic rings. The van der Waals surface area contributed by atoms with Crippen molar-refractivity contribution in [3.05, 3.63) is 52.3 Å². The minimum absolute atomic E-state index is 0.0526. The molecule has 0 bridgehead atoms. The van der Waals surface area contributed by atoms with Gasteiger partial charge in [0.25, 0.3) is 0 Å². The van der Waals surface area contributed by atoms with E-state index in [0.29, 0.717) is 37.5 Å². The van der Waals surface area contributed by atoms with Gasteiger partial charge in [0.05, 0.1) is 37.3 Å². The van der Waals surface area contributed by atoms with E-state index < -0.39 is 5.97 Å². The second-order valence-corrected chi connectivity index (χ2v) is 6.30. The fourth-order valence-electron chi connectivity index (χ4n) is 2.83. The predicted octanol–water partition coefficient (Wildman–Crippen LogP) is 2.14. The molecule has 1 amide bonds. The van der Waals surface area contributed by atoms with E-state index in [1.807, 2.05) is 22.9 Å². The average molecular weight is 348 g/mol. The van der Waals surface area contributed by atoms with Crippen LogP contribution in [0.5, 0.6) is 0 Å². The van der Waals surface area contributed by atoms with Crippen molar-refractivity contribution in [2.24, 2.45) is 0 Å². The van der Waals surface area contributed by atoms with Crippen LogP contribution in [-0.4, -0.2) is 38.2 Å². The zero-order valence-electron chi connectivity index (χ0n) is 13.1. The van der Waals surface area contributed by atoms with Crippen LogP contribution in [0.2, 0.25) is 5.02 Å². The number of carbonyl (C=O) groups excluding carboxylic acids is 1. The molecule has 2 aromatic rings. The van der Waals surface area contributed by atoms with Crippen LogP contribution in [-0.2, 0) is 35.5 Å². The summed E-state index contributed by atoms with van der Waals surface area (Å²) >= 11 is 5.96. The van der Waals surface area contributed by atoms with Crippen molar-refractivity contribution >= 4 is 23.5 Å². The van der Waals surface area contributed by atoms with E-state index in [1.54, 1.807) is 17.0 Å². The monoisotopic (exact) mass is 347 g/mol. The number of aliphatic carboxylic acids is 1. The SMILES string of the molecule is O=C(O)CCc1cc2n(n1)CCN(C(=O)Cc1cccc(Cl)c1)C2.